The fourth-order valence-electron chi connectivity index (χ4n) is 3.19. The number of carbonyl (C=O) groups is 1. The Labute approximate surface area is 202 Å². The van der Waals surface area contributed by atoms with Crippen LogP contribution in [0, 0.1) is 11.6 Å². The van der Waals surface area contributed by atoms with Crippen molar-refractivity contribution in [1.29, 1.82) is 0 Å². The number of hydrogen-bond acceptors (Lipinski definition) is 4. The first-order valence-corrected chi connectivity index (χ1v) is 12.4. The number of nitrogens with zero attached hydrogens (tertiary/aromatic N) is 2. The number of anilines is 1. The quantitative estimate of drug-likeness (QED) is 0.468. The van der Waals surface area contributed by atoms with E-state index in [2.05, 4.69) is 31.0 Å². The van der Waals surface area contributed by atoms with E-state index in [1.54, 1.807) is 25.4 Å². The van der Waals surface area contributed by atoms with Crippen molar-refractivity contribution in [2.75, 3.05) is 12.4 Å². The molecule has 2 aromatic carbocycles. The highest BCUT2D eigenvalue weighted by molar-refractivity contribution is 9.10. The Morgan fingerprint density at radius 1 is 1.31 bits per heavy atom. The highest BCUT2D eigenvalue weighted by Crippen LogP contribution is 2.35. The molecule has 0 bridgehead atoms. The number of likely N-dealkylation sites (N-methyl/N-ethyl adjacent to an activating group) is 1. The minimum atomic E-state index is -1.64. The van der Waals surface area contributed by atoms with Crippen molar-refractivity contribution in [2.24, 2.45) is 0 Å². The van der Waals surface area contributed by atoms with Gasteiger partial charge in [0, 0.05) is 18.9 Å². The van der Waals surface area contributed by atoms with Crippen LogP contribution in [-0.2, 0) is 16.0 Å². The lowest BCUT2D eigenvalue weighted by molar-refractivity contribution is -0.120. The first-order valence-electron chi connectivity index (χ1n) is 9.31. The van der Waals surface area contributed by atoms with Crippen LogP contribution in [0.5, 0.6) is 0 Å². The standard InChI is InChI=1S/C20H16BrClF2N4O2S2/c1-28-17(19(29)26-11-3-5-14(23)13(22)7-11)8-16(27-32(28)30)20-25-9-18(31-20)10-2-4-12(21)15(24)6-10/h2-7,9,16-17,27H,8H2,1H3,(H,26,29). The van der Waals surface area contributed by atoms with E-state index < -0.39 is 35.0 Å². The summed E-state index contributed by atoms with van der Waals surface area (Å²) in [6.07, 6.45) is 1.92. The molecule has 3 atom stereocenters. The van der Waals surface area contributed by atoms with Crippen molar-refractivity contribution in [3.05, 3.63) is 68.7 Å². The van der Waals surface area contributed by atoms with Gasteiger partial charge in [0.15, 0.2) is 11.2 Å². The number of carbonyl (C=O) groups excluding carboxylic acids is 1. The van der Waals surface area contributed by atoms with E-state index in [4.69, 9.17) is 11.6 Å². The molecule has 6 nitrogen and oxygen atoms in total. The minimum Gasteiger partial charge on any atom is -0.325 e. The van der Waals surface area contributed by atoms with E-state index in [1.807, 2.05) is 0 Å². The summed E-state index contributed by atoms with van der Waals surface area (Å²) in [5, 5.41) is 3.21. The predicted molar refractivity (Wildman–Crippen MR) is 125 cm³/mol. The maximum absolute atomic E-state index is 13.9. The second-order valence-electron chi connectivity index (χ2n) is 7.03. The molecule has 168 valence electrons. The lowest BCUT2D eigenvalue weighted by Crippen LogP contribution is -2.53. The zero-order valence-corrected chi connectivity index (χ0v) is 20.4. The van der Waals surface area contributed by atoms with Gasteiger partial charge in [-0.15, -0.1) is 11.3 Å². The third-order valence-electron chi connectivity index (χ3n) is 4.92. The zero-order chi connectivity index (χ0) is 23.0. The van der Waals surface area contributed by atoms with Crippen molar-refractivity contribution in [1.82, 2.24) is 14.0 Å². The van der Waals surface area contributed by atoms with Gasteiger partial charge in [0.25, 0.3) is 0 Å². The van der Waals surface area contributed by atoms with Gasteiger partial charge < -0.3 is 5.32 Å². The molecule has 1 fully saturated rings. The number of thiazole rings is 1. The normalized spacial score (nSPS) is 21.5. The molecule has 0 saturated carbocycles. The first-order chi connectivity index (χ1) is 15.2. The summed E-state index contributed by atoms with van der Waals surface area (Å²) in [4.78, 5) is 18.0. The maximum Gasteiger partial charge on any atom is 0.242 e. The van der Waals surface area contributed by atoms with Gasteiger partial charge in [-0.05, 0) is 58.2 Å². The van der Waals surface area contributed by atoms with Gasteiger partial charge in [-0.1, -0.05) is 17.7 Å². The Morgan fingerprint density at radius 3 is 2.81 bits per heavy atom. The number of nitrogens with one attached hydrogen (secondary N) is 2. The third-order valence-corrected chi connectivity index (χ3v) is 8.27. The lowest BCUT2D eigenvalue weighted by atomic mass is 10.1. The van der Waals surface area contributed by atoms with E-state index in [0.29, 0.717) is 27.2 Å². The Hall–Kier alpha value is -1.76. The Kier molecular flexibility index (Phi) is 7.03. The summed E-state index contributed by atoms with van der Waals surface area (Å²) in [5.41, 5.74) is 1.01. The first kappa shape index (κ1) is 23.4. The molecule has 0 radical (unpaired) electrons. The van der Waals surface area contributed by atoms with Crippen LogP contribution < -0.4 is 10.0 Å². The lowest BCUT2D eigenvalue weighted by Gasteiger charge is -2.34. The van der Waals surface area contributed by atoms with Crippen molar-refractivity contribution in [3.8, 4) is 10.4 Å². The highest BCUT2D eigenvalue weighted by Gasteiger charge is 2.37. The van der Waals surface area contributed by atoms with Gasteiger partial charge in [-0.3, -0.25) is 4.79 Å². The van der Waals surface area contributed by atoms with Crippen molar-refractivity contribution >= 4 is 61.6 Å². The summed E-state index contributed by atoms with van der Waals surface area (Å²) < 4.78 is 44.6. The fourth-order valence-corrected chi connectivity index (χ4v) is 5.71. The second-order valence-corrected chi connectivity index (χ2v) is 10.7. The number of benzene rings is 2. The topological polar surface area (TPSA) is 74.3 Å². The Bertz CT molecular complexity index is 1210. The SMILES string of the molecule is CN1C(C(=O)Nc2ccc(F)c(Cl)c2)CC(c2ncc(-c3ccc(Br)c(F)c3)s2)NS1=O. The van der Waals surface area contributed by atoms with Crippen LogP contribution in [0.3, 0.4) is 0 Å². The molecule has 2 heterocycles. The Balaban J connectivity index is 1.53. The molecule has 1 aliphatic rings. The molecule has 1 amide bonds. The summed E-state index contributed by atoms with van der Waals surface area (Å²) in [7, 11) is 1.57. The number of rotatable bonds is 4. The van der Waals surface area contributed by atoms with E-state index >= 15 is 0 Å². The number of amides is 1. The molecule has 4 rings (SSSR count). The van der Waals surface area contributed by atoms with E-state index in [-0.39, 0.29) is 10.8 Å². The Morgan fingerprint density at radius 2 is 2.09 bits per heavy atom. The summed E-state index contributed by atoms with van der Waals surface area (Å²) >= 11 is 8.61. The maximum atomic E-state index is 13.9. The van der Waals surface area contributed by atoms with Gasteiger partial charge in [0.2, 0.25) is 5.91 Å². The smallest absolute Gasteiger partial charge is 0.242 e. The molecule has 1 aromatic heterocycles. The minimum absolute atomic E-state index is 0.109. The molecular formula is C20H16BrClF2N4O2S2. The van der Waals surface area contributed by atoms with Crippen molar-refractivity contribution in [2.45, 2.75) is 18.5 Å². The van der Waals surface area contributed by atoms with Gasteiger partial charge >= 0.3 is 0 Å². The van der Waals surface area contributed by atoms with Crippen LogP contribution in [0.4, 0.5) is 14.5 Å². The van der Waals surface area contributed by atoms with Gasteiger partial charge in [0.1, 0.15) is 22.7 Å². The summed E-state index contributed by atoms with van der Waals surface area (Å²) in [5.74, 6) is -1.37. The molecule has 0 aliphatic carbocycles. The molecule has 3 aromatic rings. The molecule has 1 aliphatic heterocycles. The van der Waals surface area contributed by atoms with E-state index in [1.165, 1.54) is 33.8 Å². The van der Waals surface area contributed by atoms with E-state index in [9.17, 15) is 17.8 Å². The van der Waals surface area contributed by atoms with Crippen LogP contribution in [-0.4, -0.2) is 32.5 Å². The van der Waals surface area contributed by atoms with Crippen LogP contribution in [0.2, 0.25) is 5.02 Å². The number of hydrogen-bond donors (Lipinski definition) is 2. The molecule has 0 spiro atoms. The van der Waals surface area contributed by atoms with E-state index in [0.717, 1.165) is 10.9 Å². The number of aromatic nitrogens is 1. The molecule has 2 N–H and O–H groups in total. The zero-order valence-electron chi connectivity index (χ0n) is 16.4. The summed E-state index contributed by atoms with van der Waals surface area (Å²) in [6, 6.07) is 7.50. The summed E-state index contributed by atoms with van der Waals surface area (Å²) in [6.45, 7) is 0. The fraction of sp³-hybridized carbons (Fsp3) is 0.200. The van der Waals surface area contributed by atoms with Crippen LogP contribution >= 0.6 is 38.9 Å². The van der Waals surface area contributed by atoms with Gasteiger partial charge in [0.05, 0.1) is 20.4 Å². The molecule has 3 unspecified atom stereocenters. The third kappa shape index (κ3) is 4.92. The average Bonchev–Trinajstić information content (AvgIpc) is 3.25. The second kappa shape index (κ2) is 9.62. The molecule has 12 heteroatoms. The monoisotopic (exact) mass is 560 g/mol. The average molecular weight is 562 g/mol. The van der Waals surface area contributed by atoms with Crippen LogP contribution in [0.25, 0.3) is 10.4 Å². The molecule has 1 saturated heterocycles. The highest BCUT2D eigenvalue weighted by atomic mass is 79.9. The van der Waals surface area contributed by atoms with Crippen molar-refractivity contribution in [3.63, 3.8) is 0 Å². The van der Waals surface area contributed by atoms with Gasteiger partial charge in [-0.25, -0.2) is 27.0 Å². The van der Waals surface area contributed by atoms with Crippen molar-refractivity contribution < 1.29 is 17.8 Å². The van der Waals surface area contributed by atoms with Crippen LogP contribution in [0.1, 0.15) is 17.5 Å². The molecule has 32 heavy (non-hydrogen) atoms. The largest absolute Gasteiger partial charge is 0.325 e. The van der Waals surface area contributed by atoms with Gasteiger partial charge in [-0.2, -0.15) is 0 Å². The predicted octanol–water partition coefficient (Wildman–Crippen LogP) is 5.06. The van der Waals surface area contributed by atoms with Crippen LogP contribution in [0.15, 0.2) is 47.1 Å². The number of halogens is 4. The molecular weight excluding hydrogens is 546 g/mol.